The van der Waals surface area contributed by atoms with E-state index in [1.54, 1.807) is 30.3 Å². The van der Waals surface area contributed by atoms with Crippen molar-refractivity contribution in [1.29, 1.82) is 0 Å². The van der Waals surface area contributed by atoms with Crippen molar-refractivity contribution in [3.63, 3.8) is 0 Å². The van der Waals surface area contributed by atoms with Crippen LogP contribution in [0.5, 0.6) is 11.5 Å². The maximum Gasteiger partial charge on any atom is 0.141 e. The summed E-state index contributed by atoms with van der Waals surface area (Å²) < 4.78 is 19.3. The highest BCUT2D eigenvalue weighted by Gasteiger charge is 2.09. The van der Waals surface area contributed by atoms with Crippen LogP contribution in [0.3, 0.4) is 0 Å². The molecule has 1 nitrogen and oxygen atoms in total. The van der Waals surface area contributed by atoms with Gasteiger partial charge in [-0.05, 0) is 40.2 Å². The molecule has 2 aromatic rings. The summed E-state index contributed by atoms with van der Waals surface area (Å²) in [7, 11) is 0. The molecule has 0 bridgehead atoms. The summed E-state index contributed by atoms with van der Waals surface area (Å²) in [6, 6.07) is 9.76. The van der Waals surface area contributed by atoms with Crippen LogP contribution in [0, 0.1) is 5.82 Å². The van der Waals surface area contributed by atoms with E-state index in [1.165, 1.54) is 6.07 Å². The molecule has 18 heavy (non-hydrogen) atoms. The molecule has 0 amide bonds. The topological polar surface area (TPSA) is 9.23 Å². The minimum absolute atomic E-state index is 0.230. The first-order valence-electron chi connectivity index (χ1n) is 5.08. The lowest BCUT2D eigenvalue weighted by Crippen LogP contribution is -1.91. The fourth-order valence-corrected chi connectivity index (χ4v) is 2.25. The van der Waals surface area contributed by atoms with Gasteiger partial charge in [0.05, 0.1) is 10.4 Å². The van der Waals surface area contributed by atoms with Gasteiger partial charge in [-0.1, -0.05) is 17.7 Å². The maximum atomic E-state index is 13.4. The van der Waals surface area contributed by atoms with Gasteiger partial charge < -0.3 is 4.74 Å². The Kier molecular flexibility index (Phi) is 4.49. The zero-order valence-electron chi connectivity index (χ0n) is 9.09. The van der Waals surface area contributed by atoms with E-state index in [0.29, 0.717) is 26.6 Å². The van der Waals surface area contributed by atoms with Crippen LogP contribution in [0.4, 0.5) is 4.39 Å². The molecule has 0 aromatic heterocycles. The highest BCUT2D eigenvalue weighted by molar-refractivity contribution is 9.10. The minimum atomic E-state index is -0.387. The summed E-state index contributed by atoms with van der Waals surface area (Å²) >= 11 is 14.9. The quantitative estimate of drug-likeness (QED) is 0.639. The van der Waals surface area contributed by atoms with Crippen molar-refractivity contribution in [2.24, 2.45) is 0 Å². The zero-order chi connectivity index (χ0) is 13.1. The van der Waals surface area contributed by atoms with E-state index >= 15 is 0 Å². The number of hydrogen-bond donors (Lipinski definition) is 0. The lowest BCUT2D eigenvalue weighted by molar-refractivity contribution is 0.472. The summed E-state index contributed by atoms with van der Waals surface area (Å²) in [6.45, 7) is 0. The van der Waals surface area contributed by atoms with Gasteiger partial charge in [-0.15, -0.1) is 11.6 Å². The van der Waals surface area contributed by atoms with Crippen molar-refractivity contribution in [3.8, 4) is 11.5 Å². The molecule has 94 valence electrons. The Labute approximate surface area is 123 Å². The highest BCUT2D eigenvalue weighted by Crippen LogP contribution is 2.32. The fraction of sp³-hybridized carbons (Fsp3) is 0.0769. The van der Waals surface area contributed by atoms with E-state index in [9.17, 15) is 4.39 Å². The molecule has 0 unspecified atom stereocenters. The average molecular weight is 350 g/mol. The third-order valence-electron chi connectivity index (χ3n) is 2.33. The molecule has 2 rings (SSSR count). The predicted octanol–water partition coefficient (Wildman–Crippen LogP) is 5.77. The van der Waals surface area contributed by atoms with E-state index < -0.39 is 0 Å². The van der Waals surface area contributed by atoms with Gasteiger partial charge in [-0.25, -0.2) is 4.39 Å². The molecule has 0 heterocycles. The van der Waals surface area contributed by atoms with Gasteiger partial charge in [0.2, 0.25) is 0 Å². The second-order valence-electron chi connectivity index (χ2n) is 3.53. The van der Waals surface area contributed by atoms with E-state index in [4.69, 9.17) is 27.9 Å². The van der Waals surface area contributed by atoms with Crippen molar-refractivity contribution in [3.05, 3.63) is 57.3 Å². The molecule has 0 atom stereocenters. The minimum Gasteiger partial charge on any atom is -0.457 e. The van der Waals surface area contributed by atoms with Gasteiger partial charge >= 0.3 is 0 Å². The largest absolute Gasteiger partial charge is 0.457 e. The smallest absolute Gasteiger partial charge is 0.141 e. The Bertz CT molecular complexity index is 575. The Morgan fingerprint density at radius 2 is 2.00 bits per heavy atom. The van der Waals surface area contributed by atoms with Gasteiger partial charge in [0.1, 0.15) is 17.3 Å². The Morgan fingerprint density at radius 3 is 2.67 bits per heavy atom. The van der Waals surface area contributed by atoms with Crippen molar-refractivity contribution in [2.75, 3.05) is 0 Å². The van der Waals surface area contributed by atoms with Crippen LogP contribution in [0.15, 0.2) is 40.9 Å². The molecule has 0 spiro atoms. The monoisotopic (exact) mass is 348 g/mol. The van der Waals surface area contributed by atoms with Gasteiger partial charge in [0.25, 0.3) is 0 Å². The molecule has 2 aromatic carbocycles. The lowest BCUT2D eigenvalue weighted by atomic mass is 10.2. The van der Waals surface area contributed by atoms with E-state index in [2.05, 4.69) is 15.9 Å². The van der Waals surface area contributed by atoms with Crippen LogP contribution >= 0.6 is 39.1 Å². The third-order valence-corrected chi connectivity index (χ3v) is 3.59. The molecular formula is C13H8BrCl2FO. The molecule has 0 radical (unpaired) electrons. The first-order chi connectivity index (χ1) is 8.61. The molecule has 0 fully saturated rings. The molecule has 5 heteroatoms. The van der Waals surface area contributed by atoms with Crippen molar-refractivity contribution in [1.82, 2.24) is 0 Å². The molecule has 0 N–H and O–H groups in total. The van der Waals surface area contributed by atoms with Gasteiger partial charge in [0, 0.05) is 16.7 Å². The first-order valence-corrected chi connectivity index (χ1v) is 6.78. The van der Waals surface area contributed by atoms with Crippen molar-refractivity contribution >= 4 is 39.1 Å². The Hall–Kier alpha value is -0.770. The van der Waals surface area contributed by atoms with Crippen LogP contribution in [0.1, 0.15) is 5.56 Å². The maximum absolute atomic E-state index is 13.4. The second-order valence-corrected chi connectivity index (χ2v) is 5.06. The molecule has 0 saturated carbocycles. The standard InChI is InChI=1S/C13H8BrCl2FO/c14-10-5-4-8(6-12(10)17)18-13-3-1-2-11(16)9(13)7-15/h1-6H,7H2. The number of benzene rings is 2. The van der Waals surface area contributed by atoms with E-state index in [1.807, 2.05) is 0 Å². The number of hydrogen-bond acceptors (Lipinski definition) is 1. The number of ether oxygens (including phenoxy) is 1. The zero-order valence-corrected chi connectivity index (χ0v) is 12.2. The van der Waals surface area contributed by atoms with Gasteiger partial charge in [0.15, 0.2) is 0 Å². The normalized spacial score (nSPS) is 10.4. The molecule has 0 aliphatic rings. The third kappa shape index (κ3) is 2.97. The molecule has 0 aliphatic carbocycles. The Balaban J connectivity index is 2.34. The summed E-state index contributed by atoms with van der Waals surface area (Å²) in [5.74, 6) is 0.763. The van der Waals surface area contributed by atoms with Crippen molar-refractivity contribution < 1.29 is 9.13 Å². The number of alkyl halides is 1. The van der Waals surface area contributed by atoms with Gasteiger partial charge in [-0.2, -0.15) is 0 Å². The van der Waals surface area contributed by atoms with Crippen LogP contribution in [-0.2, 0) is 5.88 Å². The van der Waals surface area contributed by atoms with E-state index in [-0.39, 0.29) is 11.7 Å². The SMILES string of the molecule is Fc1cc(Oc2cccc(Cl)c2CCl)ccc1Br. The Morgan fingerprint density at radius 1 is 1.22 bits per heavy atom. The predicted molar refractivity (Wildman–Crippen MR) is 75.2 cm³/mol. The average Bonchev–Trinajstić information content (AvgIpc) is 2.34. The molecular weight excluding hydrogens is 342 g/mol. The fourth-order valence-electron chi connectivity index (χ4n) is 1.43. The van der Waals surface area contributed by atoms with E-state index in [0.717, 1.165) is 0 Å². The molecule has 0 aliphatic heterocycles. The summed E-state index contributed by atoms with van der Waals surface area (Å²) in [5.41, 5.74) is 0.684. The number of halogens is 4. The second kappa shape index (κ2) is 5.91. The van der Waals surface area contributed by atoms with Gasteiger partial charge in [-0.3, -0.25) is 0 Å². The summed E-state index contributed by atoms with van der Waals surface area (Å²) in [6.07, 6.45) is 0. The van der Waals surface area contributed by atoms with Crippen LogP contribution in [0.2, 0.25) is 5.02 Å². The summed E-state index contributed by atoms with van der Waals surface area (Å²) in [4.78, 5) is 0. The van der Waals surface area contributed by atoms with Crippen LogP contribution in [0.25, 0.3) is 0 Å². The lowest BCUT2D eigenvalue weighted by Gasteiger charge is -2.11. The van der Waals surface area contributed by atoms with Crippen molar-refractivity contribution in [2.45, 2.75) is 5.88 Å². The first kappa shape index (κ1) is 13.7. The molecule has 0 saturated heterocycles. The van der Waals surface area contributed by atoms with Crippen LogP contribution in [-0.4, -0.2) is 0 Å². The number of rotatable bonds is 3. The van der Waals surface area contributed by atoms with Crippen LogP contribution < -0.4 is 4.74 Å². The summed E-state index contributed by atoms with van der Waals surface area (Å²) in [5, 5.41) is 0.528. The highest BCUT2D eigenvalue weighted by atomic mass is 79.9.